The molecule has 6 heteroatoms. The van der Waals surface area contributed by atoms with Gasteiger partial charge in [-0.15, -0.1) is 0 Å². The largest absolute Gasteiger partial charge is 0.487 e. The maximum absolute atomic E-state index is 12.0. The predicted molar refractivity (Wildman–Crippen MR) is 91.1 cm³/mol. The van der Waals surface area contributed by atoms with E-state index in [1.165, 1.54) is 6.92 Å². The monoisotopic (exact) mass is 339 g/mol. The molecule has 6 nitrogen and oxygen atoms in total. The van der Waals surface area contributed by atoms with E-state index in [-0.39, 0.29) is 5.69 Å². The van der Waals surface area contributed by atoms with E-state index in [1.807, 2.05) is 48.5 Å². The summed E-state index contributed by atoms with van der Waals surface area (Å²) in [5.74, 6) is -0.479. The molecule has 25 heavy (non-hydrogen) atoms. The van der Waals surface area contributed by atoms with Gasteiger partial charge >= 0.3 is 11.9 Å². The van der Waals surface area contributed by atoms with Crippen molar-refractivity contribution in [1.29, 1.82) is 0 Å². The molecule has 0 bridgehead atoms. The number of aromatic nitrogens is 1. The van der Waals surface area contributed by atoms with Gasteiger partial charge in [-0.25, -0.2) is 4.79 Å². The maximum atomic E-state index is 12.0. The van der Waals surface area contributed by atoms with E-state index >= 15 is 0 Å². The topological polar surface area (TPSA) is 77.6 Å². The quantitative estimate of drug-likeness (QED) is 0.550. The van der Waals surface area contributed by atoms with Crippen LogP contribution in [0.5, 0.6) is 5.75 Å². The highest BCUT2D eigenvalue weighted by Gasteiger charge is 2.14. The van der Waals surface area contributed by atoms with Crippen LogP contribution in [0.1, 0.15) is 23.0 Å². The van der Waals surface area contributed by atoms with Crippen LogP contribution < -0.4 is 4.74 Å². The van der Waals surface area contributed by atoms with Gasteiger partial charge < -0.3 is 19.2 Å². The zero-order valence-corrected chi connectivity index (χ0v) is 13.7. The Kier molecular flexibility index (Phi) is 4.99. The first-order chi connectivity index (χ1) is 12.1. The zero-order valence-electron chi connectivity index (χ0n) is 13.7. The van der Waals surface area contributed by atoms with E-state index in [4.69, 9.17) is 9.47 Å². The molecule has 0 saturated heterocycles. The van der Waals surface area contributed by atoms with Crippen LogP contribution in [-0.2, 0) is 20.9 Å². The molecule has 0 aliphatic heterocycles. The molecule has 0 aliphatic rings. The Morgan fingerprint density at radius 3 is 2.56 bits per heavy atom. The van der Waals surface area contributed by atoms with Gasteiger partial charge in [0.15, 0.2) is 0 Å². The summed E-state index contributed by atoms with van der Waals surface area (Å²) in [5.41, 5.74) is 2.02. The van der Waals surface area contributed by atoms with Gasteiger partial charge in [0.25, 0.3) is 0 Å². The third-order valence-electron chi connectivity index (χ3n) is 3.53. The molecule has 3 aromatic rings. The third-order valence-corrected chi connectivity index (χ3v) is 3.53. The minimum Gasteiger partial charge on any atom is -0.487 e. The fourth-order valence-electron chi connectivity index (χ4n) is 2.34. The molecule has 0 radical (unpaired) electrons. The molecule has 0 amide bonds. The van der Waals surface area contributed by atoms with Gasteiger partial charge in [-0.05, 0) is 17.7 Å². The number of esters is 2. The molecule has 1 heterocycles. The van der Waals surface area contributed by atoms with Crippen LogP contribution in [0.4, 0.5) is 0 Å². The molecular formula is C19H17NO5. The molecule has 1 N–H and O–H groups in total. The Morgan fingerprint density at radius 1 is 1.00 bits per heavy atom. The number of fused-ring (bicyclic) bond motifs is 1. The Labute approximate surface area is 144 Å². The second-order valence-electron chi connectivity index (χ2n) is 5.36. The summed E-state index contributed by atoms with van der Waals surface area (Å²) in [5, 5.41) is 0.824. The molecule has 0 fully saturated rings. The van der Waals surface area contributed by atoms with Gasteiger partial charge in [-0.2, -0.15) is 0 Å². The number of aromatic amines is 1. The Bertz CT molecular complexity index is 885. The second kappa shape index (κ2) is 7.53. The molecule has 0 atom stereocenters. The lowest BCUT2D eigenvalue weighted by Crippen LogP contribution is -2.11. The first-order valence-corrected chi connectivity index (χ1v) is 7.72. The van der Waals surface area contributed by atoms with Crippen molar-refractivity contribution in [1.82, 2.24) is 4.98 Å². The lowest BCUT2D eigenvalue weighted by molar-refractivity contribution is -0.149. The summed E-state index contributed by atoms with van der Waals surface area (Å²) in [7, 11) is 0. The van der Waals surface area contributed by atoms with Crippen LogP contribution in [0, 0.1) is 0 Å². The molecule has 0 unspecified atom stereocenters. The number of hydrogen-bond acceptors (Lipinski definition) is 5. The normalized spacial score (nSPS) is 10.4. The van der Waals surface area contributed by atoms with E-state index < -0.39 is 18.7 Å². The minimum absolute atomic E-state index is 0.262. The van der Waals surface area contributed by atoms with Gasteiger partial charge in [-0.3, -0.25) is 4.79 Å². The number of hydrogen-bond donors (Lipinski definition) is 1. The number of carbonyl (C=O) groups is 2. The van der Waals surface area contributed by atoms with E-state index in [1.54, 1.807) is 6.07 Å². The van der Waals surface area contributed by atoms with Crippen molar-refractivity contribution in [3.63, 3.8) is 0 Å². The summed E-state index contributed by atoms with van der Waals surface area (Å²) >= 11 is 0. The Hall–Kier alpha value is -3.28. The van der Waals surface area contributed by atoms with Gasteiger partial charge in [0.2, 0.25) is 6.79 Å². The van der Waals surface area contributed by atoms with Crippen LogP contribution >= 0.6 is 0 Å². The average molecular weight is 339 g/mol. The fourth-order valence-corrected chi connectivity index (χ4v) is 2.34. The number of benzene rings is 2. The highest BCUT2D eigenvalue weighted by molar-refractivity contribution is 5.96. The van der Waals surface area contributed by atoms with Crippen molar-refractivity contribution in [3.05, 3.63) is 65.9 Å². The second-order valence-corrected chi connectivity index (χ2v) is 5.36. The lowest BCUT2D eigenvalue weighted by atomic mass is 10.2. The Balaban J connectivity index is 1.73. The molecule has 0 saturated carbocycles. The number of carbonyl (C=O) groups excluding carboxylic acids is 2. The number of rotatable bonds is 6. The van der Waals surface area contributed by atoms with Crippen molar-refractivity contribution in [2.45, 2.75) is 13.5 Å². The van der Waals surface area contributed by atoms with Crippen molar-refractivity contribution >= 4 is 22.8 Å². The van der Waals surface area contributed by atoms with Gasteiger partial charge in [0, 0.05) is 12.3 Å². The van der Waals surface area contributed by atoms with Gasteiger partial charge in [0.05, 0.1) is 5.52 Å². The van der Waals surface area contributed by atoms with Crippen LogP contribution in [0.15, 0.2) is 54.6 Å². The van der Waals surface area contributed by atoms with Crippen LogP contribution in [0.3, 0.4) is 0 Å². The number of H-pyrrole nitrogens is 1. The summed E-state index contributed by atoms with van der Waals surface area (Å²) in [6.07, 6.45) is 0. The van der Waals surface area contributed by atoms with Crippen LogP contribution in [0.2, 0.25) is 0 Å². The van der Waals surface area contributed by atoms with Crippen LogP contribution in [-0.4, -0.2) is 23.7 Å². The average Bonchev–Trinajstić information content (AvgIpc) is 3.05. The van der Waals surface area contributed by atoms with Crippen molar-refractivity contribution in [2.75, 3.05) is 6.79 Å². The number of ether oxygens (including phenoxy) is 3. The molecule has 0 spiro atoms. The third kappa shape index (κ3) is 4.17. The minimum atomic E-state index is -0.605. The summed E-state index contributed by atoms with van der Waals surface area (Å²) in [6, 6.07) is 17.0. The SMILES string of the molecule is CC(=O)OCOC(=O)c1cc2cccc(OCc3ccccc3)c2[nH]1. The van der Waals surface area contributed by atoms with E-state index in [2.05, 4.69) is 9.72 Å². The molecule has 3 rings (SSSR count). The molecule has 1 aromatic heterocycles. The summed E-state index contributed by atoms with van der Waals surface area (Å²) in [6.45, 7) is 1.25. The number of nitrogens with one attached hydrogen (secondary N) is 1. The van der Waals surface area contributed by atoms with Gasteiger partial charge in [0.1, 0.15) is 18.1 Å². The maximum Gasteiger partial charge on any atom is 0.357 e. The highest BCUT2D eigenvalue weighted by Crippen LogP contribution is 2.26. The van der Waals surface area contributed by atoms with Crippen molar-refractivity contribution in [3.8, 4) is 5.75 Å². The summed E-state index contributed by atoms with van der Waals surface area (Å²) < 4.78 is 15.3. The lowest BCUT2D eigenvalue weighted by Gasteiger charge is -2.07. The fraction of sp³-hybridized carbons (Fsp3) is 0.158. The van der Waals surface area contributed by atoms with E-state index in [0.717, 1.165) is 10.9 Å². The zero-order chi connectivity index (χ0) is 17.6. The number of para-hydroxylation sites is 1. The molecule has 0 aliphatic carbocycles. The molecular weight excluding hydrogens is 322 g/mol. The molecule has 2 aromatic carbocycles. The summed E-state index contributed by atoms with van der Waals surface area (Å²) in [4.78, 5) is 25.7. The predicted octanol–water partition coefficient (Wildman–Crippen LogP) is 3.42. The first-order valence-electron chi connectivity index (χ1n) is 7.72. The smallest absolute Gasteiger partial charge is 0.357 e. The highest BCUT2D eigenvalue weighted by atomic mass is 16.7. The van der Waals surface area contributed by atoms with Gasteiger partial charge in [-0.1, -0.05) is 42.5 Å². The van der Waals surface area contributed by atoms with Crippen LogP contribution in [0.25, 0.3) is 10.9 Å². The molecule has 128 valence electrons. The van der Waals surface area contributed by atoms with E-state index in [9.17, 15) is 9.59 Å². The van der Waals surface area contributed by atoms with Crippen molar-refractivity contribution < 1.29 is 23.8 Å². The standard InChI is InChI=1S/C19H17NO5/c1-13(21)24-12-25-19(22)16-10-15-8-5-9-17(18(15)20-16)23-11-14-6-3-2-4-7-14/h2-10,20H,11-12H2,1H3. The van der Waals surface area contributed by atoms with E-state index in [0.29, 0.717) is 17.9 Å². The van der Waals surface area contributed by atoms with Crippen molar-refractivity contribution in [2.24, 2.45) is 0 Å². The first kappa shape index (κ1) is 16.6. The Morgan fingerprint density at radius 2 is 1.80 bits per heavy atom.